The van der Waals surface area contributed by atoms with Crippen molar-refractivity contribution < 1.29 is 4.74 Å². The Kier molecular flexibility index (Phi) is 6.98. The van der Waals surface area contributed by atoms with Gasteiger partial charge in [-0.05, 0) is 24.8 Å². The van der Waals surface area contributed by atoms with Gasteiger partial charge in [0.1, 0.15) is 6.10 Å². The van der Waals surface area contributed by atoms with Crippen LogP contribution in [0, 0.1) is 17.8 Å². The number of rotatable bonds is 3. The Labute approximate surface area is 123 Å². The Morgan fingerprint density at radius 2 is 1.95 bits per heavy atom. The number of thioether (sulfide) groups is 1. The molecular weight excluding hydrogens is 254 g/mol. The second-order valence-corrected chi connectivity index (χ2v) is 7.19. The van der Waals surface area contributed by atoms with Crippen molar-refractivity contribution in [3.05, 3.63) is 12.3 Å². The van der Waals surface area contributed by atoms with Gasteiger partial charge in [-0.2, -0.15) is 0 Å². The third kappa shape index (κ3) is 4.87. The van der Waals surface area contributed by atoms with Crippen LogP contribution in [0.25, 0.3) is 0 Å². The standard InChI is InChI=1S/C9H16O.C7H13NS/c1-4-7(2)9-5-6-10-8(9)3;1-5(2)7-6(3)9-4-8-7/h5-9H,4H2,1-3H3;4-7H,1-3H3. The summed E-state index contributed by atoms with van der Waals surface area (Å²) in [5.74, 6) is 2.10. The van der Waals surface area contributed by atoms with Gasteiger partial charge in [0.15, 0.2) is 0 Å². The Bertz CT molecular complexity index is 314. The zero-order valence-corrected chi connectivity index (χ0v) is 14.0. The molecule has 3 heteroatoms. The summed E-state index contributed by atoms with van der Waals surface area (Å²) < 4.78 is 5.31. The van der Waals surface area contributed by atoms with E-state index in [0.717, 1.165) is 5.92 Å². The SMILES string of the molecule is CC(C)C1N=CSC1C.CCC(C)C1C=COC1C. The number of nitrogens with zero attached hydrogens (tertiary/aromatic N) is 1. The molecule has 0 aromatic rings. The highest BCUT2D eigenvalue weighted by Crippen LogP contribution is 2.27. The van der Waals surface area contributed by atoms with E-state index >= 15 is 0 Å². The van der Waals surface area contributed by atoms with Crippen LogP contribution in [0.3, 0.4) is 0 Å². The van der Waals surface area contributed by atoms with Gasteiger partial charge in [-0.1, -0.05) is 41.0 Å². The van der Waals surface area contributed by atoms with Gasteiger partial charge in [0.2, 0.25) is 0 Å². The molecule has 0 saturated heterocycles. The molecule has 2 aliphatic rings. The predicted molar refractivity (Wildman–Crippen MR) is 86.8 cm³/mol. The van der Waals surface area contributed by atoms with Crippen LogP contribution in [0.15, 0.2) is 17.3 Å². The van der Waals surface area contributed by atoms with E-state index in [1.165, 1.54) is 6.42 Å². The molecule has 0 radical (unpaired) electrons. The van der Waals surface area contributed by atoms with Crippen molar-refractivity contribution in [3.63, 3.8) is 0 Å². The molecule has 2 aliphatic heterocycles. The molecule has 0 N–H and O–H groups in total. The van der Waals surface area contributed by atoms with Crippen molar-refractivity contribution in [2.24, 2.45) is 22.7 Å². The normalized spacial score (nSPS) is 34.1. The second-order valence-electron chi connectivity index (χ2n) is 5.96. The smallest absolute Gasteiger partial charge is 0.102 e. The quantitative estimate of drug-likeness (QED) is 0.745. The fourth-order valence-electron chi connectivity index (χ4n) is 2.55. The van der Waals surface area contributed by atoms with Gasteiger partial charge in [0.05, 0.1) is 17.9 Å². The monoisotopic (exact) mass is 283 g/mol. The first kappa shape index (κ1) is 16.6. The number of ether oxygens (including phenoxy) is 1. The van der Waals surface area contributed by atoms with Crippen molar-refractivity contribution in [2.45, 2.75) is 65.4 Å². The Balaban J connectivity index is 0.000000191. The molecule has 0 spiro atoms. The minimum atomic E-state index is 0.398. The van der Waals surface area contributed by atoms with Crippen molar-refractivity contribution in [1.82, 2.24) is 0 Å². The van der Waals surface area contributed by atoms with E-state index in [1.807, 2.05) is 23.6 Å². The Morgan fingerprint density at radius 1 is 1.26 bits per heavy atom. The molecule has 0 amide bonds. The van der Waals surface area contributed by atoms with Gasteiger partial charge in [0, 0.05) is 11.2 Å². The van der Waals surface area contributed by atoms with Crippen molar-refractivity contribution >= 4 is 17.3 Å². The summed E-state index contributed by atoms with van der Waals surface area (Å²) >= 11 is 1.84. The molecule has 19 heavy (non-hydrogen) atoms. The predicted octanol–water partition coefficient (Wildman–Crippen LogP) is 4.76. The molecular formula is C16H29NOS. The number of aliphatic imine (C=N–C) groups is 1. The van der Waals surface area contributed by atoms with Gasteiger partial charge in [-0.25, -0.2) is 0 Å². The minimum Gasteiger partial charge on any atom is -0.498 e. The number of hydrogen-bond acceptors (Lipinski definition) is 3. The first-order valence-electron chi connectivity index (χ1n) is 7.46. The summed E-state index contributed by atoms with van der Waals surface area (Å²) in [5.41, 5.74) is 1.98. The van der Waals surface area contributed by atoms with Gasteiger partial charge >= 0.3 is 0 Å². The van der Waals surface area contributed by atoms with Crippen LogP contribution in [-0.4, -0.2) is 22.9 Å². The van der Waals surface area contributed by atoms with E-state index in [1.54, 1.807) is 0 Å². The topological polar surface area (TPSA) is 21.6 Å². The average molecular weight is 283 g/mol. The summed E-state index contributed by atoms with van der Waals surface area (Å²) in [7, 11) is 0. The third-order valence-corrected chi connectivity index (χ3v) is 5.06. The van der Waals surface area contributed by atoms with Crippen molar-refractivity contribution in [3.8, 4) is 0 Å². The van der Waals surface area contributed by atoms with Crippen LogP contribution in [0.1, 0.15) is 48.0 Å². The molecule has 5 unspecified atom stereocenters. The highest BCUT2D eigenvalue weighted by molar-refractivity contribution is 8.12. The molecule has 2 rings (SSSR count). The molecule has 2 heterocycles. The molecule has 0 aromatic carbocycles. The van der Waals surface area contributed by atoms with Crippen LogP contribution in [0.5, 0.6) is 0 Å². The first-order valence-corrected chi connectivity index (χ1v) is 8.40. The molecule has 5 atom stereocenters. The Morgan fingerprint density at radius 3 is 2.26 bits per heavy atom. The molecule has 2 nitrogen and oxygen atoms in total. The fraction of sp³-hybridized carbons (Fsp3) is 0.812. The summed E-state index contributed by atoms with van der Waals surface area (Å²) in [6, 6.07) is 0.565. The molecule has 0 aromatic heterocycles. The lowest BCUT2D eigenvalue weighted by Gasteiger charge is -2.19. The van der Waals surface area contributed by atoms with E-state index in [4.69, 9.17) is 4.74 Å². The van der Waals surface area contributed by atoms with Gasteiger partial charge in [-0.3, -0.25) is 4.99 Å². The van der Waals surface area contributed by atoms with Gasteiger partial charge in [-0.15, -0.1) is 11.8 Å². The average Bonchev–Trinajstić information content (AvgIpc) is 2.97. The molecule has 110 valence electrons. The highest BCUT2D eigenvalue weighted by Gasteiger charge is 2.24. The van der Waals surface area contributed by atoms with Gasteiger partial charge in [0.25, 0.3) is 0 Å². The van der Waals surface area contributed by atoms with E-state index in [2.05, 4.69) is 52.6 Å². The van der Waals surface area contributed by atoms with E-state index in [0.29, 0.717) is 29.2 Å². The molecule has 0 saturated carbocycles. The van der Waals surface area contributed by atoms with Crippen LogP contribution in [0.4, 0.5) is 0 Å². The van der Waals surface area contributed by atoms with Crippen LogP contribution < -0.4 is 0 Å². The zero-order chi connectivity index (χ0) is 14.4. The maximum absolute atomic E-state index is 5.31. The van der Waals surface area contributed by atoms with Crippen LogP contribution in [-0.2, 0) is 4.74 Å². The fourth-order valence-corrected chi connectivity index (χ4v) is 3.50. The summed E-state index contributed by atoms with van der Waals surface area (Å²) in [4.78, 5) is 4.35. The highest BCUT2D eigenvalue weighted by atomic mass is 32.2. The van der Waals surface area contributed by atoms with Crippen LogP contribution >= 0.6 is 11.8 Å². The van der Waals surface area contributed by atoms with E-state index in [9.17, 15) is 0 Å². The molecule has 0 aliphatic carbocycles. The van der Waals surface area contributed by atoms with Crippen LogP contribution in [0.2, 0.25) is 0 Å². The maximum Gasteiger partial charge on any atom is 0.102 e. The minimum absolute atomic E-state index is 0.398. The van der Waals surface area contributed by atoms with Gasteiger partial charge < -0.3 is 4.74 Å². The van der Waals surface area contributed by atoms with Crippen molar-refractivity contribution in [2.75, 3.05) is 0 Å². The maximum atomic E-state index is 5.31. The largest absolute Gasteiger partial charge is 0.498 e. The summed E-state index contributed by atoms with van der Waals surface area (Å²) in [6.07, 6.45) is 5.65. The number of hydrogen-bond donors (Lipinski definition) is 0. The molecule has 0 bridgehead atoms. The van der Waals surface area contributed by atoms with E-state index < -0.39 is 0 Å². The zero-order valence-electron chi connectivity index (χ0n) is 13.2. The lowest BCUT2D eigenvalue weighted by atomic mass is 9.89. The Hall–Kier alpha value is -0.440. The lowest BCUT2D eigenvalue weighted by Crippen LogP contribution is -2.19. The molecule has 0 fully saturated rings. The first-order chi connectivity index (χ1) is 8.97. The third-order valence-electron chi connectivity index (χ3n) is 4.11. The summed E-state index contributed by atoms with van der Waals surface area (Å²) in [5, 5.41) is 0.699. The van der Waals surface area contributed by atoms with E-state index in [-0.39, 0.29) is 0 Å². The second kappa shape index (κ2) is 7.98. The lowest BCUT2D eigenvalue weighted by molar-refractivity contribution is 0.128. The van der Waals surface area contributed by atoms with Crippen molar-refractivity contribution in [1.29, 1.82) is 0 Å². The summed E-state index contributed by atoms with van der Waals surface area (Å²) in [6.45, 7) is 13.3.